The minimum Gasteiger partial charge on any atom is -0.457 e. The van der Waals surface area contributed by atoms with Crippen LogP contribution in [0.15, 0.2) is 46.2 Å². The summed E-state index contributed by atoms with van der Waals surface area (Å²) in [7, 11) is 4.03. The molecule has 7 heteroatoms. The molecule has 0 spiro atoms. The lowest BCUT2D eigenvalue weighted by molar-refractivity contribution is -0.195. The van der Waals surface area contributed by atoms with E-state index in [1.54, 1.807) is 11.8 Å². The second-order valence-electron chi connectivity index (χ2n) is 5.49. The van der Waals surface area contributed by atoms with Crippen LogP contribution in [-0.2, 0) is 15.9 Å². The molecule has 2 aromatic rings. The Balaban J connectivity index is 2.25. The monoisotopic (exact) mass is 366 g/mol. The highest BCUT2D eigenvalue weighted by molar-refractivity contribution is 7.98. The number of rotatable bonds is 8. The highest BCUT2D eigenvalue weighted by Gasteiger charge is 2.10. The van der Waals surface area contributed by atoms with E-state index in [2.05, 4.69) is 35.2 Å². The van der Waals surface area contributed by atoms with Crippen LogP contribution in [0, 0.1) is 6.92 Å². The van der Waals surface area contributed by atoms with Gasteiger partial charge in [-0.25, -0.2) is 0 Å². The van der Waals surface area contributed by atoms with Gasteiger partial charge < -0.3 is 9.64 Å². The topological polar surface area (TPSA) is 57.0 Å². The first kappa shape index (κ1) is 19.1. The van der Waals surface area contributed by atoms with Crippen LogP contribution >= 0.6 is 23.8 Å². The molecule has 0 amide bonds. The molecule has 0 fully saturated rings. The second-order valence-corrected chi connectivity index (χ2v) is 7.11. The fourth-order valence-electron chi connectivity index (χ4n) is 2.27. The Morgan fingerprint density at radius 2 is 1.92 bits per heavy atom. The van der Waals surface area contributed by atoms with E-state index in [9.17, 15) is 0 Å². The van der Waals surface area contributed by atoms with Crippen molar-refractivity contribution in [2.24, 2.45) is 5.90 Å². The van der Waals surface area contributed by atoms with E-state index in [-0.39, 0.29) is 0 Å². The van der Waals surface area contributed by atoms with E-state index in [0.29, 0.717) is 0 Å². The SMILES string of the molecule is CSc1ccc(Oc2ccc(SOON)cc2CN(C)C)cc1C. The Hall–Kier alpha value is -1.22. The van der Waals surface area contributed by atoms with Gasteiger partial charge in [-0.2, -0.15) is 5.90 Å². The van der Waals surface area contributed by atoms with E-state index in [0.717, 1.165) is 40.5 Å². The quantitative estimate of drug-likeness (QED) is 0.322. The zero-order valence-electron chi connectivity index (χ0n) is 14.2. The number of hydrogen-bond acceptors (Lipinski definition) is 7. The normalized spacial score (nSPS) is 11.1. The van der Waals surface area contributed by atoms with Crippen LogP contribution in [0.4, 0.5) is 0 Å². The zero-order valence-corrected chi connectivity index (χ0v) is 15.9. The maximum absolute atomic E-state index is 6.11. The van der Waals surface area contributed by atoms with Crippen molar-refractivity contribution in [2.45, 2.75) is 23.3 Å². The van der Waals surface area contributed by atoms with Gasteiger partial charge in [0.15, 0.2) is 0 Å². The van der Waals surface area contributed by atoms with E-state index < -0.39 is 0 Å². The standard InChI is InChI=1S/C17H22N2O3S2/c1-12-9-14(5-8-17(12)23-4)20-16-7-6-15(24-22-21-18)10-13(16)11-19(2)3/h5-10H,11,18H2,1-4H3. The number of aryl methyl sites for hydroxylation is 1. The minimum absolute atomic E-state index is 0.745. The Morgan fingerprint density at radius 1 is 1.12 bits per heavy atom. The van der Waals surface area contributed by atoms with Crippen molar-refractivity contribution in [3.63, 3.8) is 0 Å². The van der Waals surface area contributed by atoms with Crippen LogP contribution in [0.3, 0.4) is 0 Å². The lowest BCUT2D eigenvalue weighted by Crippen LogP contribution is -2.11. The summed E-state index contributed by atoms with van der Waals surface area (Å²) in [6.45, 7) is 2.83. The van der Waals surface area contributed by atoms with Crippen molar-refractivity contribution in [1.82, 2.24) is 4.90 Å². The number of nitrogens with zero attached hydrogens (tertiary/aromatic N) is 1. The molecule has 0 atom stereocenters. The lowest BCUT2D eigenvalue weighted by atomic mass is 10.2. The van der Waals surface area contributed by atoms with Gasteiger partial charge >= 0.3 is 0 Å². The average Bonchev–Trinajstić information content (AvgIpc) is 2.54. The Morgan fingerprint density at radius 3 is 2.54 bits per heavy atom. The molecule has 0 radical (unpaired) electrons. The molecule has 2 N–H and O–H groups in total. The summed E-state index contributed by atoms with van der Waals surface area (Å²) >= 11 is 2.79. The Bertz CT molecular complexity index is 681. The number of benzene rings is 2. The van der Waals surface area contributed by atoms with E-state index >= 15 is 0 Å². The molecule has 130 valence electrons. The molecule has 2 rings (SSSR count). The van der Waals surface area contributed by atoms with Gasteiger partial charge in [-0.05, 0) is 69.2 Å². The zero-order chi connectivity index (χ0) is 17.5. The molecular formula is C17H22N2O3S2. The van der Waals surface area contributed by atoms with Crippen LogP contribution in [0.25, 0.3) is 0 Å². The Labute approximate surface area is 151 Å². The lowest BCUT2D eigenvalue weighted by Gasteiger charge is -2.16. The van der Waals surface area contributed by atoms with Crippen LogP contribution < -0.4 is 10.6 Å². The fraction of sp³-hybridized carbons (Fsp3) is 0.294. The highest BCUT2D eigenvalue weighted by atomic mass is 32.2. The second kappa shape index (κ2) is 9.31. The smallest absolute Gasteiger partial charge is 0.132 e. The molecule has 0 aliphatic carbocycles. The largest absolute Gasteiger partial charge is 0.457 e. The first-order valence-corrected chi connectivity index (χ1v) is 9.30. The van der Waals surface area contributed by atoms with Gasteiger partial charge in [0.05, 0.1) is 12.0 Å². The summed E-state index contributed by atoms with van der Waals surface area (Å²) < 4.78 is 10.8. The summed E-state index contributed by atoms with van der Waals surface area (Å²) in [6.07, 6.45) is 2.07. The third kappa shape index (κ3) is 5.41. The van der Waals surface area contributed by atoms with Gasteiger partial charge in [0.1, 0.15) is 11.5 Å². The van der Waals surface area contributed by atoms with Gasteiger partial charge in [-0.3, -0.25) is 0 Å². The highest BCUT2D eigenvalue weighted by Crippen LogP contribution is 2.32. The molecule has 0 aromatic heterocycles. The third-order valence-electron chi connectivity index (χ3n) is 3.28. The minimum atomic E-state index is 0.745. The molecule has 2 aromatic carbocycles. The van der Waals surface area contributed by atoms with Gasteiger partial charge in [-0.15, -0.1) is 21.1 Å². The van der Waals surface area contributed by atoms with Crippen molar-refractivity contribution in [3.05, 3.63) is 47.5 Å². The van der Waals surface area contributed by atoms with Crippen molar-refractivity contribution in [2.75, 3.05) is 20.4 Å². The molecule has 24 heavy (non-hydrogen) atoms. The summed E-state index contributed by atoms with van der Waals surface area (Å²) in [5, 5.41) is 0. The third-order valence-corrected chi connectivity index (χ3v) is 4.77. The molecule has 5 nitrogen and oxygen atoms in total. The Kier molecular flexibility index (Phi) is 7.41. The van der Waals surface area contributed by atoms with E-state index in [1.165, 1.54) is 10.5 Å². The number of ether oxygens (including phenoxy) is 1. The van der Waals surface area contributed by atoms with E-state index in [4.69, 9.17) is 15.0 Å². The molecule has 0 aliphatic heterocycles. The first-order chi connectivity index (χ1) is 11.5. The van der Waals surface area contributed by atoms with Crippen molar-refractivity contribution in [3.8, 4) is 11.5 Å². The summed E-state index contributed by atoms with van der Waals surface area (Å²) in [4.78, 5) is 8.37. The van der Waals surface area contributed by atoms with Crippen molar-refractivity contribution in [1.29, 1.82) is 0 Å². The molecule has 0 saturated heterocycles. The molecule has 0 aliphatic rings. The first-order valence-electron chi connectivity index (χ1n) is 7.33. The molecular weight excluding hydrogens is 344 g/mol. The number of nitrogens with two attached hydrogens (primary N) is 1. The van der Waals surface area contributed by atoms with Gasteiger partial charge in [-0.1, -0.05) is 0 Å². The summed E-state index contributed by atoms with van der Waals surface area (Å²) in [5.41, 5.74) is 2.26. The van der Waals surface area contributed by atoms with Crippen LogP contribution in [-0.4, -0.2) is 25.3 Å². The maximum atomic E-state index is 6.11. The van der Waals surface area contributed by atoms with Crippen LogP contribution in [0.1, 0.15) is 11.1 Å². The predicted octanol–water partition coefficient (Wildman–Crippen LogP) is 4.40. The number of thioether (sulfide) groups is 1. The van der Waals surface area contributed by atoms with Crippen molar-refractivity contribution < 1.29 is 14.1 Å². The fourth-order valence-corrected chi connectivity index (χ4v) is 3.29. The molecule has 0 heterocycles. The van der Waals surface area contributed by atoms with Gasteiger partial charge in [0.2, 0.25) is 0 Å². The van der Waals surface area contributed by atoms with Gasteiger partial charge in [0.25, 0.3) is 0 Å². The summed E-state index contributed by atoms with van der Waals surface area (Å²) in [5.74, 6) is 6.53. The molecule has 0 bridgehead atoms. The molecule has 0 unspecified atom stereocenters. The average molecular weight is 367 g/mol. The maximum Gasteiger partial charge on any atom is 0.132 e. The van der Waals surface area contributed by atoms with Crippen LogP contribution in [0.5, 0.6) is 11.5 Å². The predicted molar refractivity (Wildman–Crippen MR) is 99.1 cm³/mol. The molecule has 0 saturated carbocycles. The van der Waals surface area contributed by atoms with Crippen LogP contribution in [0.2, 0.25) is 0 Å². The number of hydrogen-bond donors (Lipinski definition) is 1. The van der Waals surface area contributed by atoms with E-state index in [1.807, 2.05) is 38.4 Å². The summed E-state index contributed by atoms with van der Waals surface area (Å²) in [6, 6.07) is 12.0. The van der Waals surface area contributed by atoms with Crippen molar-refractivity contribution >= 4 is 23.8 Å². The van der Waals surface area contributed by atoms with Gasteiger partial charge in [0, 0.05) is 21.9 Å².